The lowest BCUT2D eigenvalue weighted by atomic mass is 9.86. The van der Waals surface area contributed by atoms with Crippen LogP contribution in [0.1, 0.15) is 50.7 Å². The molecule has 1 aliphatic carbocycles. The van der Waals surface area contributed by atoms with Crippen molar-refractivity contribution >= 4 is 0 Å². The van der Waals surface area contributed by atoms with Crippen molar-refractivity contribution in [2.45, 2.75) is 50.7 Å². The zero-order valence-electron chi connectivity index (χ0n) is 10.4. The minimum atomic E-state index is -1.46. The normalized spacial score (nSPS) is 19.6. The van der Waals surface area contributed by atoms with Gasteiger partial charge in [-0.1, -0.05) is 18.9 Å². The van der Waals surface area contributed by atoms with Gasteiger partial charge in [0.05, 0.1) is 0 Å². The van der Waals surface area contributed by atoms with Crippen molar-refractivity contribution < 1.29 is 8.78 Å². The van der Waals surface area contributed by atoms with Crippen molar-refractivity contribution in [3.63, 3.8) is 0 Å². The van der Waals surface area contributed by atoms with Crippen molar-refractivity contribution in [1.82, 2.24) is 0 Å². The SMILES string of the molecule is CC(C)(F)c1ccc(F)c(C2(N)CCCC2)c1. The quantitative estimate of drug-likeness (QED) is 0.835. The Morgan fingerprint density at radius 1 is 1.24 bits per heavy atom. The molecule has 1 saturated carbocycles. The van der Waals surface area contributed by atoms with Crippen LogP contribution in [0.5, 0.6) is 0 Å². The van der Waals surface area contributed by atoms with Crippen LogP contribution in [0.15, 0.2) is 18.2 Å². The molecule has 1 aromatic carbocycles. The molecule has 2 N–H and O–H groups in total. The predicted octanol–water partition coefficient (Wildman–Crippen LogP) is 3.76. The van der Waals surface area contributed by atoms with Gasteiger partial charge in [-0.05, 0) is 44.4 Å². The van der Waals surface area contributed by atoms with Crippen LogP contribution in [0, 0.1) is 5.82 Å². The number of alkyl halides is 1. The van der Waals surface area contributed by atoms with Crippen LogP contribution in [-0.2, 0) is 11.2 Å². The molecule has 0 heterocycles. The summed E-state index contributed by atoms with van der Waals surface area (Å²) in [4.78, 5) is 0. The Morgan fingerprint density at radius 3 is 2.35 bits per heavy atom. The van der Waals surface area contributed by atoms with E-state index in [2.05, 4.69) is 0 Å². The third-order valence-corrected chi connectivity index (χ3v) is 3.69. The number of benzene rings is 1. The van der Waals surface area contributed by atoms with Crippen molar-refractivity contribution in [3.05, 3.63) is 35.1 Å². The highest BCUT2D eigenvalue weighted by atomic mass is 19.1. The van der Waals surface area contributed by atoms with E-state index < -0.39 is 11.2 Å². The van der Waals surface area contributed by atoms with E-state index in [4.69, 9.17) is 5.73 Å². The largest absolute Gasteiger partial charge is 0.321 e. The third-order valence-electron chi connectivity index (χ3n) is 3.69. The summed E-state index contributed by atoms with van der Waals surface area (Å²) in [5, 5.41) is 0. The maximum absolute atomic E-state index is 13.9. The van der Waals surface area contributed by atoms with E-state index in [1.165, 1.54) is 26.0 Å². The molecule has 3 heteroatoms. The Bertz CT molecular complexity index is 415. The van der Waals surface area contributed by atoms with Gasteiger partial charge in [0.25, 0.3) is 0 Å². The number of rotatable bonds is 2. The number of nitrogens with two attached hydrogens (primary N) is 1. The fraction of sp³-hybridized carbons (Fsp3) is 0.571. The van der Waals surface area contributed by atoms with Gasteiger partial charge >= 0.3 is 0 Å². The van der Waals surface area contributed by atoms with Crippen LogP contribution in [0.3, 0.4) is 0 Å². The van der Waals surface area contributed by atoms with Gasteiger partial charge in [-0.25, -0.2) is 8.78 Å². The van der Waals surface area contributed by atoms with Gasteiger partial charge in [-0.2, -0.15) is 0 Å². The number of halogens is 2. The molecule has 0 bridgehead atoms. The molecule has 17 heavy (non-hydrogen) atoms. The molecule has 94 valence electrons. The van der Waals surface area contributed by atoms with E-state index >= 15 is 0 Å². The molecule has 0 atom stereocenters. The lowest BCUT2D eigenvalue weighted by Crippen LogP contribution is -2.34. The minimum Gasteiger partial charge on any atom is -0.321 e. The summed E-state index contributed by atoms with van der Waals surface area (Å²) in [6.07, 6.45) is 3.58. The molecule has 1 aromatic rings. The lowest BCUT2D eigenvalue weighted by molar-refractivity contribution is 0.220. The molecule has 1 aliphatic rings. The molecular formula is C14H19F2N. The maximum atomic E-state index is 13.9. The molecule has 0 saturated heterocycles. The summed E-state index contributed by atoms with van der Waals surface area (Å²) in [6, 6.07) is 4.43. The van der Waals surface area contributed by atoms with Crippen LogP contribution in [0.4, 0.5) is 8.78 Å². The molecule has 0 unspecified atom stereocenters. The van der Waals surface area contributed by atoms with Crippen LogP contribution < -0.4 is 5.73 Å². The van der Waals surface area contributed by atoms with Crippen LogP contribution in [0.2, 0.25) is 0 Å². The van der Waals surface area contributed by atoms with Crippen LogP contribution in [-0.4, -0.2) is 0 Å². The first kappa shape index (κ1) is 12.5. The average molecular weight is 239 g/mol. The van der Waals surface area contributed by atoms with Crippen molar-refractivity contribution in [2.75, 3.05) is 0 Å². The molecule has 0 amide bonds. The van der Waals surface area contributed by atoms with Gasteiger partial charge in [0.2, 0.25) is 0 Å². The summed E-state index contributed by atoms with van der Waals surface area (Å²) >= 11 is 0. The topological polar surface area (TPSA) is 26.0 Å². The Morgan fingerprint density at radius 2 is 1.82 bits per heavy atom. The van der Waals surface area contributed by atoms with Gasteiger partial charge in [0.15, 0.2) is 0 Å². The molecule has 0 aliphatic heterocycles. The van der Waals surface area contributed by atoms with Gasteiger partial charge < -0.3 is 5.73 Å². The summed E-state index contributed by atoms with van der Waals surface area (Å²) in [7, 11) is 0. The molecule has 2 rings (SSSR count). The summed E-state index contributed by atoms with van der Waals surface area (Å²) in [5.41, 5.74) is 5.13. The van der Waals surface area contributed by atoms with E-state index in [1.54, 1.807) is 6.07 Å². The van der Waals surface area contributed by atoms with Crippen molar-refractivity contribution in [1.29, 1.82) is 0 Å². The highest BCUT2D eigenvalue weighted by molar-refractivity contribution is 5.34. The lowest BCUT2D eigenvalue weighted by Gasteiger charge is -2.26. The molecular weight excluding hydrogens is 220 g/mol. The molecule has 1 fully saturated rings. The standard InChI is InChI=1S/C14H19F2N/c1-13(2,16)10-5-6-12(15)11(9-10)14(17)7-3-4-8-14/h5-6,9H,3-4,7-8,17H2,1-2H3. The van der Waals surface area contributed by atoms with Gasteiger partial charge in [-0.15, -0.1) is 0 Å². The van der Waals surface area contributed by atoms with Gasteiger partial charge in [0.1, 0.15) is 11.5 Å². The first-order valence-electron chi connectivity index (χ1n) is 6.11. The van der Waals surface area contributed by atoms with Crippen LogP contribution >= 0.6 is 0 Å². The minimum absolute atomic E-state index is 0.317. The smallest absolute Gasteiger partial charge is 0.130 e. The fourth-order valence-electron chi connectivity index (χ4n) is 2.55. The Hall–Kier alpha value is -0.960. The Kier molecular flexibility index (Phi) is 2.98. The van der Waals surface area contributed by atoms with E-state index in [9.17, 15) is 8.78 Å². The fourth-order valence-corrected chi connectivity index (χ4v) is 2.55. The number of hydrogen-bond donors (Lipinski definition) is 1. The summed E-state index contributed by atoms with van der Waals surface area (Å²) in [6.45, 7) is 2.95. The zero-order valence-corrected chi connectivity index (χ0v) is 10.4. The second-order valence-electron chi connectivity index (χ2n) is 5.53. The summed E-state index contributed by atoms with van der Waals surface area (Å²) in [5.74, 6) is -0.317. The molecule has 0 radical (unpaired) electrons. The van der Waals surface area contributed by atoms with Gasteiger partial charge in [0, 0.05) is 11.1 Å². The van der Waals surface area contributed by atoms with E-state index in [0.29, 0.717) is 11.1 Å². The van der Waals surface area contributed by atoms with E-state index in [1.807, 2.05) is 0 Å². The first-order chi connectivity index (χ1) is 7.83. The molecule has 1 nitrogen and oxygen atoms in total. The zero-order chi connectivity index (χ0) is 12.7. The van der Waals surface area contributed by atoms with Crippen LogP contribution in [0.25, 0.3) is 0 Å². The third kappa shape index (κ3) is 2.34. The first-order valence-corrected chi connectivity index (χ1v) is 6.11. The highest BCUT2D eigenvalue weighted by Gasteiger charge is 2.34. The average Bonchev–Trinajstić information content (AvgIpc) is 2.65. The van der Waals surface area contributed by atoms with Crippen molar-refractivity contribution in [2.24, 2.45) is 5.73 Å². The Balaban J connectivity index is 2.46. The second kappa shape index (κ2) is 4.05. The second-order valence-corrected chi connectivity index (χ2v) is 5.53. The van der Waals surface area contributed by atoms with E-state index in [-0.39, 0.29) is 5.82 Å². The monoisotopic (exact) mass is 239 g/mol. The Labute approximate surface area is 101 Å². The van der Waals surface area contributed by atoms with Crippen molar-refractivity contribution in [3.8, 4) is 0 Å². The predicted molar refractivity (Wildman–Crippen MR) is 64.9 cm³/mol. The molecule has 0 spiro atoms. The summed E-state index contributed by atoms with van der Waals surface area (Å²) < 4.78 is 27.7. The van der Waals surface area contributed by atoms with E-state index in [0.717, 1.165) is 25.7 Å². The van der Waals surface area contributed by atoms with Gasteiger partial charge in [-0.3, -0.25) is 0 Å². The number of hydrogen-bond acceptors (Lipinski definition) is 1. The highest BCUT2D eigenvalue weighted by Crippen LogP contribution is 2.39. The maximum Gasteiger partial charge on any atom is 0.130 e. The molecule has 0 aromatic heterocycles.